The Labute approximate surface area is 157 Å². The van der Waals surface area contributed by atoms with Crippen LogP contribution >= 0.6 is 11.3 Å². The van der Waals surface area contributed by atoms with Crippen molar-refractivity contribution in [3.63, 3.8) is 0 Å². The molecule has 3 saturated heterocycles. The molecular weight excluding hydrogens is 342 g/mol. The molecule has 0 amide bonds. The highest BCUT2D eigenvalue weighted by atomic mass is 32.1. The van der Waals surface area contributed by atoms with E-state index in [-0.39, 0.29) is 0 Å². The predicted octanol–water partition coefficient (Wildman–Crippen LogP) is 3.96. The fourth-order valence-corrected chi connectivity index (χ4v) is 5.28. The highest BCUT2D eigenvalue weighted by molar-refractivity contribution is 7.18. The molecule has 26 heavy (non-hydrogen) atoms. The zero-order chi connectivity index (χ0) is 17.7. The minimum absolute atomic E-state index is 0.456. The average Bonchev–Trinajstić information content (AvgIpc) is 3.05. The lowest BCUT2D eigenvalue weighted by Gasteiger charge is -2.49. The van der Waals surface area contributed by atoms with Crippen LogP contribution in [0.5, 0.6) is 0 Å². The maximum atomic E-state index is 4.59. The molecule has 0 aliphatic carbocycles. The molecule has 3 aromatic rings. The maximum Gasteiger partial charge on any atom is 0.222 e. The molecule has 3 aliphatic rings. The van der Waals surface area contributed by atoms with Gasteiger partial charge in [0.1, 0.15) is 0 Å². The van der Waals surface area contributed by atoms with Crippen LogP contribution in [0.25, 0.3) is 21.3 Å². The summed E-state index contributed by atoms with van der Waals surface area (Å²) in [6.07, 6.45) is 6.41. The first-order valence-electron chi connectivity index (χ1n) is 9.37. The second kappa shape index (κ2) is 6.28. The van der Waals surface area contributed by atoms with Gasteiger partial charge in [0.25, 0.3) is 0 Å². The van der Waals surface area contributed by atoms with Crippen LogP contribution < -0.4 is 5.32 Å². The number of benzene rings is 1. The molecule has 2 aromatic heterocycles. The van der Waals surface area contributed by atoms with E-state index in [4.69, 9.17) is 0 Å². The summed E-state index contributed by atoms with van der Waals surface area (Å²) in [5.41, 5.74) is 3.20. The van der Waals surface area contributed by atoms with Crippen LogP contribution in [0.15, 0.2) is 30.6 Å². The highest BCUT2D eigenvalue weighted by Gasteiger charge is 2.39. The van der Waals surface area contributed by atoms with Crippen molar-refractivity contribution < 1.29 is 0 Å². The smallest absolute Gasteiger partial charge is 0.222 e. The first-order chi connectivity index (χ1) is 12.7. The number of hydrogen-bond acceptors (Lipinski definition) is 6. The molecular formula is C20H23N5S. The van der Waals surface area contributed by atoms with Crippen molar-refractivity contribution in [2.45, 2.75) is 38.8 Å². The molecule has 3 fully saturated rings. The van der Waals surface area contributed by atoms with Gasteiger partial charge in [-0.3, -0.25) is 4.90 Å². The molecule has 0 radical (unpaired) electrons. The van der Waals surface area contributed by atoms with E-state index < -0.39 is 0 Å². The minimum atomic E-state index is 0.456. The topological polar surface area (TPSA) is 53.9 Å². The Morgan fingerprint density at radius 3 is 2.62 bits per heavy atom. The number of anilines is 1. The molecule has 2 atom stereocenters. The third-order valence-electron chi connectivity index (χ3n) is 5.95. The monoisotopic (exact) mass is 365 g/mol. The van der Waals surface area contributed by atoms with Gasteiger partial charge < -0.3 is 5.32 Å². The van der Waals surface area contributed by atoms with Crippen molar-refractivity contribution in [3.05, 3.63) is 35.6 Å². The fourth-order valence-electron chi connectivity index (χ4n) is 4.47. The van der Waals surface area contributed by atoms with Gasteiger partial charge in [0.2, 0.25) is 5.95 Å². The SMILES string of the molecule is Cc1nc2cc(-c3cnc(N[C@@H]4C5CCN(CC5)[C@@H]4C)nc3)ccc2s1. The van der Waals surface area contributed by atoms with Gasteiger partial charge in [0.15, 0.2) is 0 Å². The van der Waals surface area contributed by atoms with Crippen LogP contribution in [0.2, 0.25) is 0 Å². The fraction of sp³-hybridized carbons (Fsp3) is 0.450. The normalized spacial score (nSPS) is 27.8. The number of nitrogens with zero attached hydrogens (tertiary/aromatic N) is 4. The molecule has 0 unspecified atom stereocenters. The third kappa shape index (κ3) is 2.77. The van der Waals surface area contributed by atoms with Gasteiger partial charge in [0, 0.05) is 30.0 Å². The molecule has 1 N–H and O–H groups in total. The number of aromatic nitrogens is 3. The van der Waals surface area contributed by atoms with E-state index >= 15 is 0 Å². The van der Waals surface area contributed by atoms with E-state index in [1.165, 1.54) is 30.6 Å². The van der Waals surface area contributed by atoms with Crippen molar-refractivity contribution in [2.24, 2.45) is 5.92 Å². The maximum absolute atomic E-state index is 4.59. The minimum Gasteiger partial charge on any atom is -0.350 e. The number of aryl methyl sites for hydroxylation is 1. The molecule has 0 saturated carbocycles. The largest absolute Gasteiger partial charge is 0.350 e. The summed E-state index contributed by atoms with van der Waals surface area (Å²) in [6.45, 7) is 6.84. The molecule has 5 nitrogen and oxygen atoms in total. The third-order valence-corrected chi connectivity index (χ3v) is 6.91. The molecule has 6 rings (SSSR count). The van der Waals surface area contributed by atoms with Gasteiger partial charge in [-0.1, -0.05) is 6.07 Å². The van der Waals surface area contributed by atoms with Crippen LogP contribution in [0.4, 0.5) is 5.95 Å². The van der Waals surface area contributed by atoms with E-state index in [0.717, 1.165) is 33.5 Å². The lowest BCUT2D eigenvalue weighted by atomic mass is 9.79. The molecule has 1 aromatic carbocycles. The molecule has 6 heteroatoms. The van der Waals surface area contributed by atoms with Crippen LogP contribution in [-0.4, -0.2) is 45.0 Å². The number of fused-ring (bicyclic) bond motifs is 4. The molecule has 0 spiro atoms. The number of thiazole rings is 1. The van der Waals surface area contributed by atoms with E-state index in [9.17, 15) is 0 Å². The van der Waals surface area contributed by atoms with Crippen molar-refractivity contribution in [2.75, 3.05) is 18.4 Å². The average molecular weight is 366 g/mol. The van der Waals surface area contributed by atoms with E-state index in [0.29, 0.717) is 12.1 Å². The van der Waals surface area contributed by atoms with E-state index in [1.807, 2.05) is 19.3 Å². The summed E-state index contributed by atoms with van der Waals surface area (Å²) >= 11 is 1.73. The number of hydrogen-bond donors (Lipinski definition) is 1. The van der Waals surface area contributed by atoms with E-state index in [2.05, 4.69) is 50.3 Å². The van der Waals surface area contributed by atoms with Crippen molar-refractivity contribution in [3.8, 4) is 11.1 Å². The van der Waals surface area contributed by atoms with Gasteiger partial charge in [-0.15, -0.1) is 11.3 Å². The van der Waals surface area contributed by atoms with Crippen LogP contribution in [-0.2, 0) is 0 Å². The zero-order valence-corrected chi connectivity index (χ0v) is 16.0. The van der Waals surface area contributed by atoms with Gasteiger partial charge in [-0.25, -0.2) is 15.0 Å². The summed E-state index contributed by atoms with van der Waals surface area (Å²) in [5.74, 6) is 1.48. The number of rotatable bonds is 3. The lowest BCUT2D eigenvalue weighted by Crippen LogP contribution is -2.59. The Hall–Kier alpha value is -2.05. The summed E-state index contributed by atoms with van der Waals surface area (Å²) < 4.78 is 1.22. The van der Waals surface area contributed by atoms with Gasteiger partial charge in [-0.05, 0) is 63.4 Å². The molecule has 2 bridgehead atoms. The quantitative estimate of drug-likeness (QED) is 0.761. The lowest BCUT2D eigenvalue weighted by molar-refractivity contribution is 0.0455. The molecule has 3 aliphatic heterocycles. The Morgan fingerprint density at radius 1 is 1.12 bits per heavy atom. The molecule has 5 heterocycles. The Balaban J connectivity index is 1.36. The van der Waals surface area contributed by atoms with Crippen LogP contribution in [0.1, 0.15) is 24.8 Å². The number of nitrogens with one attached hydrogen (secondary N) is 1. The first kappa shape index (κ1) is 16.1. The van der Waals surface area contributed by atoms with Crippen molar-refractivity contribution >= 4 is 27.5 Å². The standard InChI is InChI=1S/C20H23N5S/c1-12-19(14-5-7-25(12)8-6-14)24-20-21-10-16(11-22-20)15-3-4-18-17(9-15)23-13(2)26-18/h3-4,9-12,14,19H,5-8H2,1-2H3,(H,21,22,24)/t12-,19+/m1/s1. The summed E-state index contributed by atoms with van der Waals surface area (Å²) in [5, 5.41) is 4.70. The summed E-state index contributed by atoms with van der Waals surface area (Å²) in [6, 6.07) is 7.40. The first-order valence-corrected chi connectivity index (χ1v) is 10.2. The second-order valence-corrected chi connectivity index (χ2v) is 8.73. The zero-order valence-electron chi connectivity index (χ0n) is 15.1. The van der Waals surface area contributed by atoms with Crippen molar-refractivity contribution in [1.82, 2.24) is 19.9 Å². The Kier molecular flexibility index (Phi) is 3.90. The molecule has 134 valence electrons. The Bertz CT molecular complexity index is 925. The Morgan fingerprint density at radius 2 is 1.88 bits per heavy atom. The van der Waals surface area contributed by atoms with Crippen LogP contribution in [0.3, 0.4) is 0 Å². The van der Waals surface area contributed by atoms with Gasteiger partial charge in [0.05, 0.1) is 15.2 Å². The van der Waals surface area contributed by atoms with Crippen molar-refractivity contribution in [1.29, 1.82) is 0 Å². The predicted molar refractivity (Wildman–Crippen MR) is 107 cm³/mol. The number of piperidine rings is 3. The van der Waals surface area contributed by atoms with E-state index in [1.54, 1.807) is 11.3 Å². The summed E-state index contributed by atoms with van der Waals surface area (Å²) in [4.78, 5) is 16.4. The summed E-state index contributed by atoms with van der Waals surface area (Å²) in [7, 11) is 0. The van der Waals surface area contributed by atoms with Crippen LogP contribution in [0, 0.1) is 12.8 Å². The highest BCUT2D eigenvalue weighted by Crippen LogP contribution is 2.33. The second-order valence-electron chi connectivity index (χ2n) is 7.49. The van der Waals surface area contributed by atoms with Gasteiger partial charge >= 0.3 is 0 Å². The van der Waals surface area contributed by atoms with Gasteiger partial charge in [-0.2, -0.15) is 0 Å².